The number of carbonyl (C=O) groups excluding carboxylic acids is 1. The molecular formula is C25H27N5O2. The van der Waals surface area contributed by atoms with Gasteiger partial charge in [-0.05, 0) is 49.1 Å². The summed E-state index contributed by atoms with van der Waals surface area (Å²) >= 11 is 0. The molecular weight excluding hydrogens is 402 g/mol. The zero-order chi connectivity index (χ0) is 22.7. The molecule has 3 aromatic heterocycles. The highest BCUT2D eigenvalue weighted by atomic mass is 16.2. The van der Waals surface area contributed by atoms with E-state index in [9.17, 15) is 9.59 Å². The van der Waals surface area contributed by atoms with E-state index in [4.69, 9.17) is 5.10 Å². The van der Waals surface area contributed by atoms with Crippen LogP contribution in [0.1, 0.15) is 47.2 Å². The molecule has 3 heterocycles. The van der Waals surface area contributed by atoms with Crippen molar-refractivity contribution in [1.29, 1.82) is 0 Å². The van der Waals surface area contributed by atoms with E-state index in [0.29, 0.717) is 18.0 Å². The van der Waals surface area contributed by atoms with E-state index in [2.05, 4.69) is 29.1 Å². The molecule has 0 saturated carbocycles. The van der Waals surface area contributed by atoms with Crippen molar-refractivity contribution in [1.82, 2.24) is 25.1 Å². The van der Waals surface area contributed by atoms with Gasteiger partial charge in [-0.15, -0.1) is 0 Å². The van der Waals surface area contributed by atoms with Crippen LogP contribution in [-0.4, -0.2) is 25.7 Å². The Balaban J connectivity index is 1.76. The normalized spacial score (nSPS) is 12.2. The van der Waals surface area contributed by atoms with Crippen molar-refractivity contribution in [2.75, 3.05) is 0 Å². The number of aryl methyl sites for hydroxylation is 1. The number of H-pyrrole nitrogens is 1. The summed E-state index contributed by atoms with van der Waals surface area (Å²) in [6.07, 6.45) is 2.29. The number of aromatic amines is 1. The Bertz CT molecular complexity index is 1290. The molecule has 0 aliphatic carbocycles. The fraction of sp³-hybridized carbons (Fsp3) is 0.280. The first-order valence-electron chi connectivity index (χ1n) is 10.8. The lowest BCUT2D eigenvalue weighted by molar-refractivity contribution is 0.0934. The third-order valence-corrected chi connectivity index (χ3v) is 5.29. The third-order valence-electron chi connectivity index (χ3n) is 5.29. The average molecular weight is 430 g/mol. The van der Waals surface area contributed by atoms with Gasteiger partial charge in [-0.2, -0.15) is 5.10 Å². The quantitative estimate of drug-likeness (QED) is 0.467. The Hall–Kier alpha value is -3.74. The van der Waals surface area contributed by atoms with Gasteiger partial charge in [-0.25, -0.2) is 9.67 Å². The van der Waals surface area contributed by atoms with Crippen LogP contribution >= 0.6 is 0 Å². The van der Waals surface area contributed by atoms with Gasteiger partial charge in [0.25, 0.3) is 11.5 Å². The maximum Gasteiger partial charge on any atom is 0.260 e. The molecule has 32 heavy (non-hydrogen) atoms. The van der Waals surface area contributed by atoms with E-state index in [-0.39, 0.29) is 5.56 Å². The second-order valence-corrected chi connectivity index (χ2v) is 8.44. The van der Waals surface area contributed by atoms with Crippen molar-refractivity contribution in [2.45, 2.75) is 39.8 Å². The molecule has 0 aliphatic rings. The number of pyridine rings is 2. The maximum atomic E-state index is 13.1. The van der Waals surface area contributed by atoms with Gasteiger partial charge in [-0.1, -0.05) is 44.2 Å². The van der Waals surface area contributed by atoms with Crippen molar-refractivity contribution in [3.8, 4) is 0 Å². The molecule has 164 valence electrons. The number of nitrogens with zero attached hydrogens (tertiary/aromatic N) is 3. The number of amides is 1. The van der Waals surface area contributed by atoms with E-state index in [1.165, 1.54) is 0 Å². The topological polar surface area (TPSA) is 92.7 Å². The Morgan fingerprint density at radius 2 is 1.88 bits per heavy atom. The van der Waals surface area contributed by atoms with Crippen LogP contribution in [0.3, 0.4) is 0 Å². The number of hydrogen-bond donors (Lipinski definition) is 2. The van der Waals surface area contributed by atoms with Gasteiger partial charge in [0.1, 0.15) is 5.56 Å². The van der Waals surface area contributed by atoms with Gasteiger partial charge in [-0.3, -0.25) is 9.59 Å². The second kappa shape index (κ2) is 9.18. The first kappa shape index (κ1) is 21.5. The lowest BCUT2D eigenvalue weighted by atomic mass is 10.0. The van der Waals surface area contributed by atoms with Gasteiger partial charge < -0.3 is 10.3 Å². The molecule has 7 heteroatoms. The molecule has 0 radical (unpaired) electrons. The zero-order valence-electron chi connectivity index (χ0n) is 18.5. The fourth-order valence-electron chi connectivity index (χ4n) is 3.82. The summed E-state index contributed by atoms with van der Waals surface area (Å²) < 4.78 is 1.90. The molecule has 4 aromatic rings. The summed E-state index contributed by atoms with van der Waals surface area (Å²) in [7, 11) is 0. The number of fused-ring (bicyclic) bond motifs is 1. The largest absolute Gasteiger partial charge is 0.343 e. The molecule has 7 nitrogen and oxygen atoms in total. The monoisotopic (exact) mass is 429 g/mol. The first-order chi connectivity index (χ1) is 15.4. The smallest absolute Gasteiger partial charge is 0.260 e. The zero-order valence-corrected chi connectivity index (χ0v) is 18.5. The third kappa shape index (κ3) is 4.61. The fourth-order valence-corrected chi connectivity index (χ4v) is 3.82. The second-order valence-electron chi connectivity index (χ2n) is 8.44. The summed E-state index contributed by atoms with van der Waals surface area (Å²) in [6.45, 7) is 6.75. The Morgan fingerprint density at radius 3 is 2.59 bits per heavy atom. The molecule has 0 bridgehead atoms. The van der Waals surface area contributed by atoms with E-state index >= 15 is 0 Å². The summed E-state index contributed by atoms with van der Waals surface area (Å²) in [5.41, 5.74) is 2.98. The number of hydrogen-bond acceptors (Lipinski definition) is 4. The van der Waals surface area contributed by atoms with Crippen LogP contribution in [0.25, 0.3) is 11.0 Å². The number of rotatable bonds is 7. The molecule has 1 atom stereocenters. The average Bonchev–Trinajstić information content (AvgIpc) is 3.12. The summed E-state index contributed by atoms with van der Waals surface area (Å²) in [5, 5.41) is 8.81. The molecule has 1 amide bonds. The van der Waals surface area contributed by atoms with Crippen LogP contribution in [0.5, 0.6) is 0 Å². The minimum atomic E-state index is -0.428. The molecule has 1 aromatic carbocycles. The van der Waals surface area contributed by atoms with Crippen molar-refractivity contribution in [2.24, 2.45) is 5.92 Å². The molecule has 0 aliphatic heterocycles. The Labute approximate surface area is 186 Å². The lowest BCUT2D eigenvalue weighted by Gasteiger charge is -2.18. The summed E-state index contributed by atoms with van der Waals surface area (Å²) in [4.78, 5) is 32.7. The number of nitrogens with one attached hydrogen (secondary N) is 2. The van der Waals surface area contributed by atoms with Crippen molar-refractivity contribution < 1.29 is 4.79 Å². The van der Waals surface area contributed by atoms with Crippen molar-refractivity contribution >= 4 is 16.9 Å². The molecule has 0 saturated heterocycles. The number of aromatic nitrogens is 4. The highest BCUT2D eigenvalue weighted by Gasteiger charge is 2.24. The predicted octanol–water partition coefficient (Wildman–Crippen LogP) is 3.80. The highest BCUT2D eigenvalue weighted by molar-refractivity contribution is 5.94. The molecule has 2 N–H and O–H groups in total. The van der Waals surface area contributed by atoms with E-state index in [0.717, 1.165) is 28.8 Å². The van der Waals surface area contributed by atoms with Crippen LogP contribution in [0, 0.1) is 12.8 Å². The predicted molar refractivity (Wildman–Crippen MR) is 125 cm³/mol. The van der Waals surface area contributed by atoms with Gasteiger partial charge in [0.05, 0.1) is 11.7 Å². The molecule has 4 rings (SSSR count). The molecule has 0 spiro atoms. The van der Waals surface area contributed by atoms with Crippen LogP contribution < -0.4 is 10.9 Å². The van der Waals surface area contributed by atoms with Gasteiger partial charge in [0.15, 0.2) is 5.65 Å². The van der Waals surface area contributed by atoms with E-state index in [1.807, 2.05) is 47.1 Å². The summed E-state index contributed by atoms with van der Waals surface area (Å²) in [6, 6.07) is 16.6. The van der Waals surface area contributed by atoms with Crippen LogP contribution in [0.2, 0.25) is 0 Å². The minimum absolute atomic E-state index is 0.0812. The van der Waals surface area contributed by atoms with Crippen LogP contribution in [0.4, 0.5) is 0 Å². The number of carbonyl (C=O) groups is 1. The van der Waals surface area contributed by atoms with Gasteiger partial charge >= 0.3 is 0 Å². The standard InChI is InChI=1S/C25H27N5O2/c1-16(2)15-30-23-19(10-7-13-26-23)22(29-30)21(14-18-8-5-4-6-9-18)28-25(32)20-12-11-17(3)27-24(20)31/h4-13,16,21H,14-15H2,1-3H3,(H,27,31)(H,28,32)/t21-/m1/s1. The molecule has 0 unspecified atom stereocenters. The van der Waals surface area contributed by atoms with Crippen LogP contribution in [0.15, 0.2) is 65.6 Å². The van der Waals surface area contributed by atoms with E-state index < -0.39 is 17.5 Å². The first-order valence-corrected chi connectivity index (χ1v) is 10.8. The van der Waals surface area contributed by atoms with Gasteiger partial charge in [0.2, 0.25) is 0 Å². The number of benzene rings is 1. The Morgan fingerprint density at radius 1 is 1.09 bits per heavy atom. The minimum Gasteiger partial charge on any atom is -0.343 e. The van der Waals surface area contributed by atoms with Crippen molar-refractivity contribution in [3.63, 3.8) is 0 Å². The Kier molecular flexibility index (Phi) is 6.16. The van der Waals surface area contributed by atoms with Crippen LogP contribution in [-0.2, 0) is 13.0 Å². The highest BCUT2D eigenvalue weighted by Crippen LogP contribution is 2.26. The van der Waals surface area contributed by atoms with Gasteiger partial charge in [0, 0.05) is 23.8 Å². The van der Waals surface area contributed by atoms with Crippen molar-refractivity contribution in [3.05, 3.63) is 93.7 Å². The SMILES string of the molecule is Cc1ccc(C(=O)N[C@H](Cc2ccccc2)c2nn(CC(C)C)c3ncccc23)c(=O)[nH]1. The van der Waals surface area contributed by atoms with E-state index in [1.54, 1.807) is 25.3 Å². The maximum absolute atomic E-state index is 13.1. The summed E-state index contributed by atoms with van der Waals surface area (Å²) in [5.74, 6) is -0.0381. The lowest BCUT2D eigenvalue weighted by Crippen LogP contribution is -2.34. The molecule has 0 fully saturated rings.